The van der Waals surface area contributed by atoms with E-state index in [1.807, 2.05) is 37.3 Å². The van der Waals surface area contributed by atoms with Gasteiger partial charge in [-0.2, -0.15) is 0 Å². The second kappa shape index (κ2) is 8.18. The quantitative estimate of drug-likeness (QED) is 0.711. The van der Waals surface area contributed by atoms with Gasteiger partial charge < -0.3 is 10.5 Å². The topological polar surface area (TPSA) is 65.2 Å². The average Bonchev–Trinajstić information content (AvgIpc) is 2.40. The lowest BCUT2D eigenvalue weighted by molar-refractivity contribution is 0.0600. The first-order valence-electron chi connectivity index (χ1n) is 6.95. The molecular weight excluding hydrogens is 335 g/mol. The zero-order valence-electron chi connectivity index (χ0n) is 13.6. The van der Waals surface area contributed by atoms with E-state index in [-0.39, 0.29) is 0 Å². The maximum absolute atomic E-state index is 10.0. The highest BCUT2D eigenvalue weighted by Crippen LogP contribution is 2.30. The Morgan fingerprint density at radius 2 is 1.78 bits per heavy atom. The second-order valence-electron chi connectivity index (χ2n) is 5.84. The molecule has 1 aromatic carbocycles. The van der Waals surface area contributed by atoms with Crippen molar-refractivity contribution in [3.8, 4) is 11.1 Å². The van der Waals surface area contributed by atoms with Gasteiger partial charge in [0.2, 0.25) is 0 Å². The van der Waals surface area contributed by atoms with Crippen LogP contribution < -0.4 is 5.73 Å². The van der Waals surface area contributed by atoms with Gasteiger partial charge in [-0.05, 0) is 51.0 Å². The van der Waals surface area contributed by atoms with E-state index in [0.29, 0.717) is 5.15 Å². The maximum Gasteiger partial charge on any atom is 0.405 e. The highest BCUT2D eigenvalue weighted by Gasteiger charge is 2.12. The van der Waals surface area contributed by atoms with Gasteiger partial charge in [0, 0.05) is 16.8 Å². The molecule has 2 aromatic rings. The molecule has 2 N–H and O–H groups in total. The lowest BCUT2D eigenvalue weighted by Crippen LogP contribution is -2.27. The average molecular weight is 355 g/mol. The van der Waals surface area contributed by atoms with Crippen molar-refractivity contribution < 1.29 is 9.53 Å². The van der Waals surface area contributed by atoms with Gasteiger partial charge in [-0.15, -0.1) is 0 Å². The number of nitrogens with zero attached hydrogens (tertiary/aromatic N) is 1. The molecule has 1 aromatic heterocycles. The van der Waals surface area contributed by atoms with Gasteiger partial charge >= 0.3 is 6.09 Å². The number of rotatable bonds is 1. The number of aromatic nitrogens is 1. The molecule has 2 rings (SSSR count). The number of hydrogen-bond donors (Lipinski definition) is 1. The van der Waals surface area contributed by atoms with Crippen LogP contribution in [0.3, 0.4) is 0 Å². The van der Waals surface area contributed by atoms with Crippen molar-refractivity contribution in [1.29, 1.82) is 0 Å². The van der Waals surface area contributed by atoms with E-state index in [9.17, 15) is 4.79 Å². The fourth-order valence-corrected chi connectivity index (χ4v) is 2.17. The van der Waals surface area contributed by atoms with Gasteiger partial charge in [0.25, 0.3) is 0 Å². The van der Waals surface area contributed by atoms with Crippen LogP contribution in [-0.4, -0.2) is 16.7 Å². The van der Waals surface area contributed by atoms with Crippen LogP contribution in [0.15, 0.2) is 36.5 Å². The highest BCUT2D eigenvalue weighted by molar-refractivity contribution is 6.33. The molecule has 124 valence electrons. The van der Waals surface area contributed by atoms with Gasteiger partial charge in [-0.3, -0.25) is 0 Å². The van der Waals surface area contributed by atoms with E-state index in [4.69, 9.17) is 28.9 Å². The number of halogens is 2. The number of nitrogens with two attached hydrogens (primary N) is 1. The lowest BCUT2D eigenvalue weighted by Gasteiger charge is -2.16. The molecule has 0 bridgehead atoms. The molecule has 0 atom stereocenters. The van der Waals surface area contributed by atoms with Crippen LogP contribution in [0.1, 0.15) is 26.3 Å². The van der Waals surface area contributed by atoms with Gasteiger partial charge in [0.1, 0.15) is 10.8 Å². The summed E-state index contributed by atoms with van der Waals surface area (Å²) in [7, 11) is 0. The molecule has 0 spiro atoms. The maximum atomic E-state index is 10.0. The molecule has 0 saturated heterocycles. The largest absolute Gasteiger partial charge is 0.444 e. The zero-order chi connectivity index (χ0) is 17.6. The van der Waals surface area contributed by atoms with E-state index in [1.165, 1.54) is 0 Å². The Kier molecular flexibility index (Phi) is 6.85. The first kappa shape index (κ1) is 19.3. The number of hydrogen-bond acceptors (Lipinski definition) is 3. The standard InChI is InChI=1S/C12H9Cl2N.C5H11NO2/c1-8-7-15-12(14)6-10(8)9-4-2-3-5-11(9)13;1-5(2,3)8-4(6)7/h2-7H,1H3;1-3H3,(H2,6,7). The number of pyridine rings is 1. The van der Waals surface area contributed by atoms with Crippen LogP contribution in [0.5, 0.6) is 0 Å². The molecular formula is C17H20Cl2N2O2. The van der Waals surface area contributed by atoms with Crippen molar-refractivity contribution in [3.63, 3.8) is 0 Å². The summed E-state index contributed by atoms with van der Waals surface area (Å²) in [5.74, 6) is 0. The summed E-state index contributed by atoms with van der Waals surface area (Å²) in [4.78, 5) is 14.0. The summed E-state index contributed by atoms with van der Waals surface area (Å²) in [5.41, 5.74) is 7.34. The van der Waals surface area contributed by atoms with E-state index in [0.717, 1.165) is 21.7 Å². The third-order valence-corrected chi connectivity index (χ3v) is 3.18. The molecule has 0 fully saturated rings. The van der Waals surface area contributed by atoms with Crippen molar-refractivity contribution in [2.24, 2.45) is 5.73 Å². The third-order valence-electron chi connectivity index (χ3n) is 2.64. The van der Waals surface area contributed by atoms with Crippen LogP contribution in [-0.2, 0) is 4.74 Å². The number of carbonyl (C=O) groups is 1. The van der Waals surface area contributed by atoms with E-state index in [1.54, 1.807) is 27.0 Å². The third kappa shape index (κ3) is 6.89. The van der Waals surface area contributed by atoms with Crippen molar-refractivity contribution in [3.05, 3.63) is 52.3 Å². The Morgan fingerprint density at radius 3 is 2.26 bits per heavy atom. The monoisotopic (exact) mass is 354 g/mol. The Hall–Kier alpha value is -1.78. The van der Waals surface area contributed by atoms with E-state index < -0.39 is 11.7 Å². The van der Waals surface area contributed by atoms with Crippen molar-refractivity contribution in [2.45, 2.75) is 33.3 Å². The molecule has 1 amide bonds. The predicted octanol–water partition coefficient (Wildman–Crippen LogP) is 5.24. The van der Waals surface area contributed by atoms with Gasteiger partial charge in [-0.1, -0.05) is 41.4 Å². The van der Waals surface area contributed by atoms with Gasteiger partial charge in [0.15, 0.2) is 0 Å². The summed E-state index contributed by atoms with van der Waals surface area (Å²) in [6, 6.07) is 9.53. The SMILES string of the molecule is CC(C)(C)OC(N)=O.Cc1cnc(Cl)cc1-c1ccccc1Cl. The van der Waals surface area contributed by atoms with Crippen LogP contribution in [0.25, 0.3) is 11.1 Å². The molecule has 6 heteroatoms. The Bertz CT molecular complexity index is 683. The lowest BCUT2D eigenvalue weighted by atomic mass is 10.0. The fourth-order valence-electron chi connectivity index (χ4n) is 1.77. The van der Waals surface area contributed by atoms with Gasteiger partial charge in [0.05, 0.1) is 0 Å². The molecule has 0 radical (unpaired) electrons. The van der Waals surface area contributed by atoms with Crippen molar-refractivity contribution in [1.82, 2.24) is 4.98 Å². The van der Waals surface area contributed by atoms with E-state index in [2.05, 4.69) is 9.72 Å². The smallest absolute Gasteiger partial charge is 0.405 e. The minimum absolute atomic E-state index is 0.453. The number of benzene rings is 1. The Morgan fingerprint density at radius 1 is 1.17 bits per heavy atom. The molecule has 0 saturated carbocycles. The summed E-state index contributed by atoms with van der Waals surface area (Å²) >= 11 is 12.0. The summed E-state index contributed by atoms with van der Waals surface area (Å²) in [5, 5.41) is 1.21. The number of primary amides is 1. The van der Waals surface area contributed by atoms with Crippen LogP contribution in [0.2, 0.25) is 10.2 Å². The normalized spacial score (nSPS) is 10.5. The zero-order valence-corrected chi connectivity index (χ0v) is 15.1. The first-order chi connectivity index (χ1) is 10.6. The number of ether oxygens (including phenoxy) is 1. The van der Waals surface area contributed by atoms with E-state index >= 15 is 0 Å². The summed E-state index contributed by atoms with van der Waals surface area (Å²) in [6.45, 7) is 7.27. The second-order valence-corrected chi connectivity index (χ2v) is 6.63. The Labute approximate surface area is 146 Å². The number of amides is 1. The molecule has 0 aliphatic carbocycles. The summed E-state index contributed by atoms with van der Waals surface area (Å²) < 4.78 is 4.58. The first-order valence-corrected chi connectivity index (χ1v) is 7.71. The molecule has 0 aliphatic heterocycles. The van der Waals surface area contributed by atoms with Gasteiger partial charge in [-0.25, -0.2) is 9.78 Å². The van der Waals surface area contributed by atoms with Crippen molar-refractivity contribution in [2.75, 3.05) is 0 Å². The Balaban J connectivity index is 0.000000284. The summed E-state index contributed by atoms with van der Waals surface area (Å²) in [6.07, 6.45) is 1.03. The molecule has 0 aliphatic rings. The predicted molar refractivity (Wildman–Crippen MR) is 94.9 cm³/mol. The molecule has 1 heterocycles. The number of aryl methyl sites for hydroxylation is 1. The fraction of sp³-hybridized carbons (Fsp3) is 0.294. The van der Waals surface area contributed by atoms with Crippen LogP contribution in [0.4, 0.5) is 4.79 Å². The minimum atomic E-state index is -0.725. The molecule has 4 nitrogen and oxygen atoms in total. The highest BCUT2D eigenvalue weighted by atomic mass is 35.5. The van der Waals surface area contributed by atoms with Crippen molar-refractivity contribution >= 4 is 29.3 Å². The number of carbonyl (C=O) groups excluding carboxylic acids is 1. The van der Waals surface area contributed by atoms with Crippen LogP contribution in [0, 0.1) is 6.92 Å². The molecule has 0 unspecified atom stereocenters. The van der Waals surface area contributed by atoms with Crippen LogP contribution >= 0.6 is 23.2 Å². The molecule has 23 heavy (non-hydrogen) atoms. The minimum Gasteiger partial charge on any atom is -0.444 e.